The minimum Gasteiger partial charge on any atom is -0.370 e. The first-order valence-corrected chi connectivity index (χ1v) is 6.58. The summed E-state index contributed by atoms with van der Waals surface area (Å²) in [6.45, 7) is 4.91. The van der Waals surface area contributed by atoms with Crippen LogP contribution in [0.15, 0.2) is 30.3 Å². The number of benzene rings is 1. The molecule has 1 aromatic carbocycles. The standard InChI is InChI=1S/C15H17N5/c1-3-7-17-14-8-11(2)18-15(20-14)19-13-6-4-5-12(9-13)10-16/h4-6,8-9H,3,7H2,1-2H3,(H2,17,18,19,20). The van der Waals surface area contributed by atoms with E-state index in [1.807, 2.05) is 25.1 Å². The van der Waals surface area contributed by atoms with E-state index in [1.54, 1.807) is 12.1 Å². The second-order valence-electron chi connectivity index (χ2n) is 4.46. The first-order valence-electron chi connectivity index (χ1n) is 6.58. The number of anilines is 3. The maximum Gasteiger partial charge on any atom is 0.229 e. The average molecular weight is 267 g/mol. The number of rotatable bonds is 5. The summed E-state index contributed by atoms with van der Waals surface area (Å²) in [7, 11) is 0. The fourth-order valence-electron chi connectivity index (χ4n) is 1.76. The van der Waals surface area contributed by atoms with E-state index in [0.717, 1.165) is 30.2 Å². The van der Waals surface area contributed by atoms with Gasteiger partial charge in [-0.2, -0.15) is 10.2 Å². The van der Waals surface area contributed by atoms with Crippen molar-refractivity contribution in [2.45, 2.75) is 20.3 Å². The zero-order valence-electron chi connectivity index (χ0n) is 11.6. The Morgan fingerprint density at radius 1 is 1.25 bits per heavy atom. The molecule has 2 N–H and O–H groups in total. The van der Waals surface area contributed by atoms with E-state index in [0.29, 0.717) is 11.5 Å². The largest absolute Gasteiger partial charge is 0.370 e. The Kier molecular flexibility index (Phi) is 4.51. The Bertz CT molecular complexity index is 630. The molecule has 102 valence electrons. The van der Waals surface area contributed by atoms with Gasteiger partial charge in [0, 0.05) is 24.0 Å². The summed E-state index contributed by atoms with van der Waals surface area (Å²) in [5.41, 5.74) is 2.29. The third kappa shape index (κ3) is 3.69. The van der Waals surface area contributed by atoms with E-state index in [4.69, 9.17) is 5.26 Å². The number of hydrogen-bond donors (Lipinski definition) is 2. The molecule has 0 saturated carbocycles. The van der Waals surface area contributed by atoms with Crippen molar-refractivity contribution in [2.24, 2.45) is 0 Å². The third-order valence-electron chi connectivity index (χ3n) is 2.66. The lowest BCUT2D eigenvalue weighted by Gasteiger charge is -2.09. The zero-order chi connectivity index (χ0) is 14.4. The highest BCUT2D eigenvalue weighted by Gasteiger charge is 2.03. The van der Waals surface area contributed by atoms with Gasteiger partial charge in [-0.15, -0.1) is 0 Å². The van der Waals surface area contributed by atoms with E-state index in [1.165, 1.54) is 0 Å². The Morgan fingerprint density at radius 2 is 2.10 bits per heavy atom. The minimum absolute atomic E-state index is 0.527. The monoisotopic (exact) mass is 267 g/mol. The first-order chi connectivity index (χ1) is 9.71. The molecule has 0 spiro atoms. The topological polar surface area (TPSA) is 73.6 Å². The van der Waals surface area contributed by atoms with E-state index < -0.39 is 0 Å². The number of aromatic nitrogens is 2. The summed E-state index contributed by atoms with van der Waals surface area (Å²) in [5.74, 6) is 1.33. The van der Waals surface area contributed by atoms with Crippen LogP contribution in [0.5, 0.6) is 0 Å². The molecule has 0 atom stereocenters. The van der Waals surface area contributed by atoms with Crippen LogP contribution in [-0.2, 0) is 0 Å². The summed E-state index contributed by atoms with van der Waals surface area (Å²) in [6, 6.07) is 11.3. The molecule has 0 amide bonds. The van der Waals surface area contributed by atoms with Crippen molar-refractivity contribution < 1.29 is 0 Å². The number of nitrogens with one attached hydrogen (secondary N) is 2. The van der Waals surface area contributed by atoms with Gasteiger partial charge in [0.25, 0.3) is 0 Å². The normalized spacial score (nSPS) is 9.85. The quantitative estimate of drug-likeness (QED) is 0.870. The van der Waals surface area contributed by atoms with Gasteiger partial charge in [-0.05, 0) is 31.5 Å². The predicted molar refractivity (Wildman–Crippen MR) is 80.0 cm³/mol. The van der Waals surface area contributed by atoms with Crippen LogP contribution in [0, 0.1) is 18.3 Å². The van der Waals surface area contributed by atoms with Gasteiger partial charge in [0.05, 0.1) is 11.6 Å². The maximum atomic E-state index is 8.89. The number of nitriles is 1. The van der Waals surface area contributed by atoms with Crippen molar-refractivity contribution in [1.29, 1.82) is 5.26 Å². The number of nitrogens with zero attached hydrogens (tertiary/aromatic N) is 3. The van der Waals surface area contributed by atoms with Crippen LogP contribution in [0.2, 0.25) is 0 Å². The Morgan fingerprint density at radius 3 is 2.85 bits per heavy atom. The smallest absolute Gasteiger partial charge is 0.229 e. The van der Waals surface area contributed by atoms with Gasteiger partial charge < -0.3 is 10.6 Å². The first kappa shape index (κ1) is 13.8. The SMILES string of the molecule is CCCNc1cc(C)nc(Nc2cccc(C#N)c2)n1. The number of hydrogen-bond acceptors (Lipinski definition) is 5. The summed E-state index contributed by atoms with van der Waals surface area (Å²) in [6.07, 6.45) is 1.04. The van der Waals surface area contributed by atoms with Gasteiger partial charge in [-0.3, -0.25) is 0 Å². The van der Waals surface area contributed by atoms with Gasteiger partial charge >= 0.3 is 0 Å². The van der Waals surface area contributed by atoms with E-state index >= 15 is 0 Å². The van der Waals surface area contributed by atoms with E-state index in [9.17, 15) is 0 Å². The van der Waals surface area contributed by atoms with Gasteiger partial charge in [0.15, 0.2) is 0 Å². The van der Waals surface area contributed by atoms with Crippen LogP contribution < -0.4 is 10.6 Å². The van der Waals surface area contributed by atoms with Crippen LogP contribution in [0.1, 0.15) is 24.6 Å². The summed E-state index contributed by atoms with van der Waals surface area (Å²) < 4.78 is 0. The predicted octanol–water partition coefficient (Wildman–Crippen LogP) is 3.22. The van der Waals surface area contributed by atoms with Gasteiger partial charge in [-0.1, -0.05) is 13.0 Å². The molecule has 0 aliphatic carbocycles. The van der Waals surface area contributed by atoms with Gasteiger partial charge in [0.2, 0.25) is 5.95 Å². The Hall–Kier alpha value is -2.61. The van der Waals surface area contributed by atoms with Crippen molar-refractivity contribution in [3.8, 4) is 6.07 Å². The van der Waals surface area contributed by atoms with Gasteiger partial charge in [-0.25, -0.2) is 4.98 Å². The molecule has 2 rings (SSSR count). The van der Waals surface area contributed by atoms with Crippen molar-refractivity contribution in [1.82, 2.24) is 9.97 Å². The van der Waals surface area contributed by atoms with E-state index in [2.05, 4.69) is 33.6 Å². The molecule has 0 aliphatic heterocycles. The third-order valence-corrected chi connectivity index (χ3v) is 2.66. The molecule has 2 aromatic rings. The minimum atomic E-state index is 0.527. The molecule has 5 heteroatoms. The molecular formula is C15H17N5. The molecule has 0 bridgehead atoms. The maximum absolute atomic E-state index is 8.89. The van der Waals surface area contributed by atoms with Crippen molar-refractivity contribution in [3.63, 3.8) is 0 Å². The molecule has 0 fully saturated rings. The second-order valence-corrected chi connectivity index (χ2v) is 4.46. The van der Waals surface area contributed by atoms with Crippen molar-refractivity contribution >= 4 is 17.5 Å². The molecule has 0 saturated heterocycles. The molecule has 0 unspecified atom stereocenters. The van der Waals surface area contributed by atoms with Crippen LogP contribution in [0.25, 0.3) is 0 Å². The van der Waals surface area contributed by atoms with Crippen LogP contribution >= 0.6 is 0 Å². The lowest BCUT2D eigenvalue weighted by molar-refractivity contribution is 0.962. The van der Waals surface area contributed by atoms with Crippen LogP contribution in [0.3, 0.4) is 0 Å². The Balaban J connectivity index is 2.20. The molecular weight excluding hydrogens is 250 g/mol. The summed E-state index contributed by atoms with van der Waals surface area (Å²) in [4.78, 5) is 8.75. The summed E-state index contributed by atoms with van der Waals surface area (Å²) >= 11 is 0. The zero-order valence-corrected chi connectivity index (χ0v) is 11.6. The second kappa shape index (κ2) is 6.53. The lowest BCUT2D eigenvalue weighted by Crippen LogP contribution is -2.06. The Labute approximate surface area is 118 Å². The number of aryl methyl sites for hydroxylation is 1. The van der Waals surface area contributed by atoms with E-state index in [-0.39, 0.29) is 0 Å². The van der Waals surface area contributed by atoms with Crippen molar-refractivity contribution in [2.75, 3.05) is 17.2 Å². The molecule has 1 aromatic heterocycles. The van der Waals surface area contributed by atoms with Crippen LogP contribution in [0.4, 0.5) is 17.5 Å². The van der Waals surface area contributed by atoms with Crippen molar-refractivity contribution in [3.05, 3.63) is 41.6 Å². The molecule has 1 heterocycles. The highest BCUT2D eigenvalue weighted by Crippen LogP contribution is 2.16. The fourth-order valence-corrected chi connectivity index (χ4v) is 1.76. The fraction of sp³-hybridized carbons (Fsp3) is 0.267. The highest BCUT2D eigenvalue weighted by atomic mass is 15.1. The molecule has 0 aliphatic rings. The highest BCUT2D eigenvalue weighted by molar-refractivity contribution is 5.57. The molecule has 5 nitrogen and oxygen atoms in total. The lowest BCUT2D eigenvalue weighted by atomic mass is 10.2. The summed E-state index contributed by atoms with van der Waals surface area (Å²) in [5, 5.41) is 15.3. The van der Waals surface area contributed by atoms with Gasteiger partial charge in [0.1, 0.15) is 5.82 Å². The molecule has 20 heavy (non-hydrogen) atoms. The average Bonchev–Trinajstić information content (AvgIpc) is 2.44. The molecule has 0 radical (unpaired) electrons. The van der Waals surface area contributed by atoms with Crippen LogP contribution in [-0.4, -0.2) is 16.5 Å².